The molecule has 21 heavy (non-hydrogen) atoms. The molecule has 0 saturated heterocycles. The molecule has 0 aliphatic carbocycles. The quantitative estimate of drug-likeness (QED) is 0.824. The molecule has 0 unspecified atom stereocenters. The molecule has 0 spiro atoms. The van der Waals surface area contributed by atoms with Gasteiger partial charge in [0.25, 0.3) is 0 Å². The molecule has 0 saturated carbocycles. The van der Waals surface area contributed by atoms with Gasteiger partial charge in [-0.15, -0.1) is 11.3 Å². The van der Waals surface area contributed by atoms with E-state index in [1.807, 2.05) is 0 Å². The summed E-state index contributed by atoms with van der Waals surface area (Å²) in [6.45, 7) is 0.210. The van der Waals surface area contributed by atoms with Gasteiger partial charge < -0.3 is 10.4 Å². The van der Waals surface area contributed by atoms with Gasteiger partial charge in [-0.3, -0.25) is 0 Å². The fraction of sp³-hybridized carbons (Fsp3) is 0.154. The highest BCUT2D eigenvalue weighted by molar-refractivity contribution is 7.90. The van der Waals surface area contributed by atoms with Crippen molar-refractivity contribution < 1.29 is 22.7 Å². The number of carboxylic acids is 1. The number of nitrogens with one attached hydrogen (secondary N) is 1. The minimum absolute atomic E-state index is 0.0174. The van der Waals surface area contributed by atoms with E-state index in [1.54, 1.807) is 0 Å². The van der Waals surface area contributed by atoms with E-state index >= 15 is 0 Å². The average molecular weight is 329 g/mol. The lowest BCUT2D eigenvalue weighted by Gasteiger charge is -2.08. The van der Waals surface area contributed by atoms with Gasteiger partial charge in [0.2, 0.25) is 0 Å². The molecule has 0 atom stereocenters. The van der Waals surface area contributed by atoms with E-state index < -0.39 is 21.6 Å². The van der Waals surface area contributed by atoms with Crippen LogP contribution in [0.25, 0.3) is 0 Å². The molecule has 1 heterocycles. The van der Waals surface area contributed by atoms with Crippen molar-refractivity contribution in [1.82, 2.24) is 0 Å². The van der Waals surface area contributed by atoms with Crippen LogP contribution in [-0.4, -0.2) is 25.7 Å². The Kier molecular flexibility index (Phi) is 4.29. The number of thiophene rings is 1. The average Bonchev–Trinajstić information content (AvgIpc) is 2.85. The van der Waals surface area contributed by atoms with Crippen molar-refractivity contribution in [1.29, 1.82) is 0 Å². The summed E-state index contributed by atoms with van der Waals surface area (Å²) < 4.78 is 36.5. The second-order valence-corrected chi connectivity index (χ2v) is 7.39. The third kappa shape index (κ3) is 3.79. The Labute approximate surface area is 125 Å². The van der Waals surface area contributed by atoms with Crippen molar-refractivity contribution in [2.24, 2.45) is 0 Å². The van der Waals surface area contributed by atoms with E-state index in [2.05, 4.69) is 5.32 Å². The maximum atomic E-state index is 13.6. The first-order valence-electron chi connectivity index (χ1n) is 5.81. The second-order valence-electron chi connectivity index (χ2n) is 4.37. The highest BCUT2D eigenvalue weighted by Crippen LogP contribution is 2.22. The molecule has 1 aromatic heterocycles. The van der Waals surface area contributed by atoms with Crippen molar-refractivity contribution in [3.63, 3.8) is 0 Å². The van der Waals surface area contributed by atoms with Crippen LogP contribution in [0.5, 0.6) is 0 Å². The van der Waals surface area contributed by atoms with E-state index in [0.29, 0.717) is 4.88 Å². The standard InChI is InChI=1S/C13H12FNO4S2/c1-21(18,19)10-2-3-11(14)12(5-10)15-6-9-4-8(7-20-9)13(16)17/h2-5,7,15H,6H2,1H3,(H,16,17). The van der Waals surface area contributed by atoms with Gasteiger partial charge in [0.05, 0.1) is 16.1 Å². The maximum absolute atomic E-state index is 13.6. The van der Waals surface area contributed by atoms with Gasteiger partial charge in [0.15, 0.2) is 9.84 Å². The molecular formula is C13H12FNO4S2. The van der Waals surface area contributed by atoms with Crippen molar-refractivity contribution in [3.05, 3.63) is 45.9 Å². The lowest BCUT2D eigenvalue weighted by Crippen LogP contribution is -2.03. The molecule has 2 aromatic rings. The second kappa shape index (κ2) is 5.82. The molecule has 112 valence electrons. The van der Waals surface area contributed by atoms with Crippen LogP contribution < -0.4 is 5.32 Å². The van der Waals surface area contributed by atoms with Crippen LogP contribution in [0.2, 0.25) is 0 Å². The summed E-state index contributed by atoms with van der Waals surface area (Å²) in [6.07, 6.45) is 1.04. The predicted octanol–water partition coefficient (Wildman–Crippen LogP) is 2.60. The summed E-state index contributed by atoms with van der Waals surface area (Å²) >= 11 is 1.23. The fourth-order valence-electron chi connectivity index (χ4n) is 1.64. The first-order chi connectivity index (χ1) is 9.77. The van der Waals surface area contributed by atoms with Gasteiger partial charge in [-0.2, -0.15) is 0 Å². The number of benzene rings is 1. The highest BCUT2D eigenvalue weighted by atomic mass is 32.2. The molecule has 0 amide bonds. The summed E-state index contributed by atoms with van der Waals surface area (Å²) in [7, 11) is -3.41. The minimum atomic E-state index is -3.41. The van der Waals surface area contributed by atoms with Gasteiger partial charge in [-0.1, -0.05) is 0 Å². The van der Waals surface area contributed by atoms with Crippen LogP contribution >= 0.6 is 11.3 Å². The molecule has 0 aliphatic rings. The summed E-state index contributed by atoms with van der Waals surface area (Å²) in [5.74, 6) is -1.60. The summed E-state index contributed by atoms with van der Waals surface area (Å²) in [5.41, 5.74) is 0.227. The summed E-state index contributed by atoms with van der Waals surface area (Å²) in [4.78, 5) is 11.5. The Bertz CT molecular complexity index is 783. The van der Waals surface area contributed by atoms with Crippen molar-refractivity contribution in [2.75, 3.05) is 11.6 Å². The highest BCUT2D eigenvalue weighted by Gasteiger charge is 2.12. The number of carboxylic acid groups (broad SMARTS) is 1. The zero-order chi connectivity index (χ0) is 15.6. The number of hydrogen-bond acceptors (Lipinski definition) is 5. The summed E-state index contributed by atoms with van der Waals surface area (Å²) in [5, 5.41) is 13.1. The first kappa shape index (κ1) is 15.5. The van der Waals surface area contributed by atoms with E-state index in [9.17, 15) is 17.6 Å². The minimum Gasteiger partial charge on any atom is -0.478 e. The zero-order valence-electron chi connectivity index (χ0n) is 11.0. The number of anilines is 1. The van der Waals surface area contributed by atoms with Crippen LogP contribution in [0.4, 0.5) is 10.1 Å². The molecule has 0 bridgehead atoms. The lowest BCUT2D eigenvalue weighted by atomic mass is 10.3. The Hall–Kier alpha value is -1.93. The first-order valence-corrected chi connectivity index (χ1v) is 8.58. The Morgan fingerprint density at radius 1 is 1.38 bits per heavy atom. The molecule has 2 N–H and O–H groups in total. The third-order valence-corrected chi connectivity index (χ3v) is 4.77. The molecule has 5 nitrogen and oxygen atoms in total. The van der Waals surface area contributed by atoms with Crippen LogP contribution in [0.3, 0.4) is 0 Å². The van der Waals surface area contributed by atoms with Gasteiger partial charge in [0.1, 0.15) is 5.82 Å². The molecule has 0 aliphatic heterocycles. The lowest BCUT2D eigenvalue weighted by molar-refractivity contribution is 0.0697. The van der Waals surface area contributed by atoms with Crippen molar-refractivity contribution in [2.45, 2.75) is 11.4 Å². The number of halogens is 1. The van der Waals surface area contributed by atoms with E-state index in [1.165, 1.54) is 34.9 Å². The van der Waals surface area contributed by atoms with Gasteiger partial charge in [-0.25, -0.2) is 17.6 Å². The molecule has 2 rings (SSSR count). The number of hydrogen-bond donors (Lipinski definition) is 2. The summed E-state index contributed by atoms with van der Waals surface area (Å²) in [6, 6.07) is 4.98. The molecule has 1 aromatic carbocycles. The monoisotopic (exact) mass is 329 g/mol. The Balaban J connectivity index is 2.17. The molecular weight excluding hydrogens is 317 g/mol. The maximum Gasteiger partial charge on any atom is 0.336 e. The van der Waals surface area contributed by atoms with Crippen LogP contribution in [0, 0.1) is 5.82 Å². The van der Waals surface area contributed by atoms with Crippen LogP contribution in [-0.2, 0) is 16.4 Å². The van der Waals surface area contributed by atoms with Crippen molar-refractivity contribution >= 4 is 32.8 Å². The van der Waals surface area contributed by atoms with Crippen LogP contribution in [0.15, 0.2) is 34.5 Å². The molecule has 8 heteroatoms. The van der Waals surface area contributed by atoms with Gasteiger partial charge in [0, 0.05) is 23.1 Å². The number of rotatable bonds is 5. The Morgan fingerprint density at radius 2 is 2.10 bits per heavy atom. The Morgan fingerprint density at radius 3 is 2.67 bits per heavy atom. The zero-order valence-corrected chi connectivity index (χ0v) is 12.6. The van der Waals surface area contributed by atoms with Crippen molar-refractivity contribution in [3.8, 4) is 0 Å². The largest absolute Gasteiger partial charge is 0.478 e. The van der Waals surface area contributed by atoms with Crippen LogP contribution in [0.1, 0.15) is 15.2 Å². The third-order valence-electron chi connectivity index (χ3n) is 2.72. The van der Waals surface area contributed by atoms with E-state index in [-0.39, 0.29) is 22.7 Å². The number of carbonyl (C=O) groups is 1. The topological polar surface area (TPSA) is 83.5 Å². The number of sulfone groups is 1. The van der Waals surface area contributed by atoms with E-state index in [0.717, 1.165) is 12.3 Å². The fourth-order valence-corrected chi connectivity index (χ4v) is 3.08. The number of aromatic carboxylic acids is 1. The molecule has 0 radical (unpaired) electrons. The smallest absolute Gasteiger partial charge is 0.336 e. The van der Waals surface area contributed by atoms with Gasteiger partial charge in [-0.05, 0) is 24.3 Å². The SMILES string of the molecule is CS(=O)(=O)c1ccc(F)c(NCc2cc(C(=O)O)cs2)c1. The predicted molar refractivity (Wildman–Crippen MR) is 78.1 cm³/mol. The van der Waals surface area contributed by atoms with E-state index in [4.69, 9.17) is 5.11 Å². The van der Waals surface area contributed by atoms with Gasteiger partial charge >= 0.3 is 5.97 Å². The molecule has 0 fully saturated rings. The normalized spacial score (nSPS) is 11.3.